The number of carbonyl (C=O) groups is 2. The van der Waals surface area contributed by atoms with Crippen LogP contribution in [0.1, 0.15) is 13.8 Å². The monoisotopic (exact) mass is 249 g/mol. The second kappa shape index (κ2) is 6.19. The predicted molar refractivity (Wildman–Crippen MR) is 70.2 cm³/mol. The van der Waals surface area contributed by atoms with Gasteiger partial charge in [0.05, 0.1) is 7.11 Å². The molecule has 0 bridgehead atoms. The highest BCUT2D eigenvalue weighted by atomic mass is 16.5. The van der Waals surface area contributed by atoms with Crippen molar-refractivity contribution >= 4 is 17.6 Å². The first-order chi connectivity index (χ1) is 8.49. The lowest BCUT2D eigenvalue weighted by Crippen LogP contribution is -2.40. The molecule has 0 aromatic heterocycles. The van der Waals surface area contributed by atoms with E-state index in [9.17, 15) is 9.59 Å². The highest BCUT2D eigenvalue weighted by molar-refractivity contribution is 6.06. The Labute approximate surface area is 108 Å². The van der Waals surface area contributed by atoms with E-state index >= 15 is 0 Å². The number of anilines is 1. The second-order valence-corrected chi connectivity index (χ2v) is 4.48. The number of amides is 1. The summed E-state index contributed by atoms with van der Waals surface area (Å²) in [5.41, 5.74) is 0.761. The summed E-state index contributed by atoms with van der Waals surface area (Å²) in [5, 5.41) is 0. The first-order valence-corrected chi connectivity index (χ1v) is 5.89. The lowest BCUT2D eigenvalue weighted by Gasteiger charge is -2.24. The van der Waals surface area contributed by atoms with Crippen molar-refractivity contribution in [2.24, 2.45) is 11.8 Å². The fraction of sp³-hybridized carbons (Fsp3) is 0.429. The molecule has 0 aliphatic heterocycles. The summed E-state index contributed by atoms with van der Waals surface area (Å²) in [6.45, 7) is 3.66. The Morgan fingerprint density at radius 1 is 1.17 bits per heavy atom. The minimum Gasteiger partial charge on any atom is -0.468 e. The molecule has 0 N–H and O–H groups in total. The zero-order chi connectivity index (χ0) is 13.7. The third kappa shape index (κ3) is 3.09. The molecule has 0 saturated carbocycles. The van der Waals surface area contributed by atoms with Gasteiger partial charge in [0.15, 0.2) is 0 Å². The molecule has 0 fully saturated rings. The van der Waals surface area contributed by atoms with Crippen LogP contribution < -0.4 is 4.90 Å². The highest BCUT2D eigenvalue weighted by Gasteiger charge is 2.33. The third-order valence-electron chi connectivity index (χ3n) is 2.86. The Morgan fingerprint density at radius 3 is 2.17 bits per heavy atom. The fourth-order valence-electron chi connectivity index (χ4n) is 1.77. The van der Waals surface area contributed by atoms with E-state index in [-0.39, 0.29) is 11.8 Å². The van der Waals surface area contributed by atoms with Gasteiger partial charge < -0.3 is 9.64 Å². The van der Waals surface area contributed by atoms with E-state index in [0.717, 1.165) is 5.69 Å². The van der Waals surface area contributed by atoms with E-state index < -0.39 is 11.9 Å². The van der Waals surface area contributed by atoms with Gasteiger partial charge >= 0.3 is 5.97 Å². The van der Waals surface area contributed by atoms with Crippen LogP contribution in [0, 0.1) is 11.8 Å². The molecule has 0 heterocycles. The van der Waals surface area contributed by atoms with E-state index in [4.69, 9.17) is 4.74 Å². The van der Waals surface area contributed by atoms with Gasteiger partial charge in [0.25, 0.3) is 0 Å². The number of methoxy groups -OCH3 is 1. The first-order valence-electron chi connectivity index (χ1n) is 5.89. The maximum atomic E-state index is 12.3. The number of rotatable bonds is 4. The average Bonchev–Trinajstić information content (AvgIpc) is 2.38. The van der Waals surface area contributed by atoms with E-state index in [2.05, 4.69) is 0 Å². The average molecular weight is 249 g/mol. The van der Waals surface area contributed by atoms with Gasteiger partial charge in [-0.05, 0) is 18.1 Å². The van der Waals surface area contributed by atoms with Gasteiger partial charge in [-0.15, -0.1) is 0 Å². The Morgan fingerprint density at radius 2 is 1.72 bits per heavy atom. The van der Waals surface area contributed by atoms with Gasteiger partial charge in [-0.1, -0.05) is 32.0 Å². The molecule has 1 atom stereocenters. The number of hydrogen-bond donors (Lipinski definition) is 0. The predicted octanol–water partition coefficient (Wildman–Crippen LogP) is 2.09. The molecule has 1 unspecified atom stereocenters. The summed E-state index contributed by atoms with van der Waals surface area (Å²) in [4.78, 5) is 25.5. The summed E-state index contributed by atoms with van der Waals surface area (Å²) in [6, 6.07) is 9.23. The van der Waals surface area contributed by atoms with Crippen LogP contribution in [0.4, 0.5) is 5.69 Å². The SMILES string of the molecule is COC(=O)C(C(=O)N(C)c1ccccc1)C(C)C. The molecule has 4 heteroatoms. The van der Waals surface area contributed by atoms with Crippen molar-refractivity contribution < 1.29 is 14.3 Å². The van der Waals surface area contributed by atoms with Crippen molar-refractivity contribution in [3.63, 3.8) is 0 Å². The second-order valence-electron chi connectivity index (χ2n) is 4.48. The number of ether oxygens (including phenoxy) is 1. The summed E-state index contributed by atoms with van der Waals surface area (Å²) in [7, 11) is 2.96. The molecule has 0 saturated heterocycles. The third-order valence-corrected chi connectivity index (χ3v) is 2.86. The van der Waals surface area contributed by atoms with Crippen LogP contribution in [0.2, 0.25) is 0 Å². The Kier molecular flexibility index (Phi) is 4.89. The number of carbonyl (C=O) groups excluding carboxylic acids is 2. The minimum atomic E-state index is -0.764. The first kappa shape index (κ1) is 14.2. The molecule has 0 spiro atoms. The maximum absolute atomic E-state index is 12.3. The van der Waals surface area contributed by atoms with Crippen LogP contribution in [0.3, 0.4) is 0 Å². The molecule has 0 aliphatic carbocycles. The van der Waals surface area contributed by atoms with Crippen molar-refractivity contribution in [2.75, 3.05) is 19.1 Å². The summed E-state index contributed by atoms with van der Waals surface area (Å²) >= 11 is 0. The largest absolute Gasteiger partial charge is 0.468 e. The molecule has 0 radical (unpaired) electrons. The summed E-state index contributed by atoms with van der Waals surface area (Å²) in [5.74, 6) is -1.60. The summed E-state index contributed by atoms with van der Waals surface area (Å²) < 4.78 is 4.69. The molecule has 1 aromatic carbocycles. The molecule has 1 rings (SSSR count). The molecule has 4 nitrogen and oxygen atoms in total. The molecule has 18 heavy (non-hydrogen) atoms. The molecular formula is C14H19NO3. The zero-order valence-electron chi connectivity index (χ0n) is 11.2. The van der Waals surface area contributed by atoms with Crippen LogP contribution >= 0.6 is 0 Å². The lowest BCUT2D eigenvalue weighted by molar-refractivity contribution is -0.151. The van der Waals surface area contributed by atoms with E-state index in [0.29, 0.717) is 0 Å². The standard InChI is InChI=1S/C14H19NO3/c1-10(2)12(14(17)18-4)13(16)15(3)11-8-6-5-7-9-11/h5-10,12H,1-4H3. The van der Waals surface area contributed by atoms with Crippen LogP contribution in [0.5, 0.6) is 0 Å². The minimum absolute atomic E-state index is 0.101. The zero-order valence-corrected chi connectivity index (χ0v) is 11.2. The normalized spacial score (nSPS) is 12.1. The van der Waals surface area contributed by atoms with Crippen molar-refractivity contribution in [1.82, 2.24) is 0 Å². The van der Waals surface area contributed by atoms with E-state index in [1.54, 1.807) is 7.05 Å². The van der Waals surface area contributed by atoms with Gasteiger partial charge in [0.2, 0.25) is 5.91 Å². The Hall–Kier alpha value is -1.84. The number of hydrogen-bond acceptors (Lipinski definition) is 3. The number of para-hydroxylation sites is 1. The number of nitrogens with zero attached hydrogens (tertiary/aromatic N) is 1. The number of benzene rings is 1. The van der Waals surface area contributed by atoms with Gasteiger partial charge in [-0.2, -0.15) is 0 Å². The van der Waals surface area contributed by atoms with Gasteiger partial charge in [-0.25, -0.2) is 0 Å². The van der Waals surface area contributed by atoms with Crippen LogP contribution in [0.15, 0.2) is 30.3 Å². The molecular weight excluding hydrogens is 230 g/mol. The quantitative estimate of drug-likeness (QED) is 0.606. The van der Waals surface area contributed by atoms with Crippen molar-refractivity contribution in [2.45, 2.75) is 13.8 Å². The van der Waals surface area contributed by atoms with Crippen LogP contribution in [0.25, 0.3) is 0 Å². The Balaban J connectivity index is 2.94. The van der Waals surface area contributed by atoms with Gasteiger partial charge in [0, 0.05) is 12.7 Å². The van der Waals surface area contributed by atoms with Crippen molar-refractivity contribution in [3.05, 3.63) is 30.3 Å². The highest BCUT2D eigenvalue weighted by Crippen LogP contribution is 2.20. The maximum Gasteiger partial charge on any atom is 0.318 e. The van der Waals surface area contributed by atoms with E-state index in [1.165, 1.54) is 12.0 Å². The molecule has 0 aliphatic rings. The summed E-state index contributed by atoms with van der Waals surface area (Å²) in [6.07, 6.45) is 0. The van der Waals surface area contributed by atoms with Crippen molar-refractivity contribution in [3.8, 4) is 0 Å². The van der Waals surface area contributed by atoms with Crippen LogP contribution in [-0.4, -0.2) is 26.0 Å². The van der Waals surface area contributed by atoms with Gasteiger partial charge in [-0.3, -0.25) is 9.59 Å². The Bertz CT molecular complexity index is 414. The van der Waals surface area contributed by atoms with Crippen molar-refractivity contribution in [1.29, 1.82) is 0 Å². The molecule has 98 valence electrons. The molecule has 1 amide bonds. The number of esters is 1. The lowest BCUT2D eigenvalue weighted by atomic mass is 9.94. The smallest absolute Gasteiger partial charge is 0.318 e. The van der Waals surface area contributed by atoms with Gasteiger partial charge in [0.1, 0.15) is 5.92 Å². The topological polar surface area (TPSA) is 46.6 Å². The fourth-order valence-corrected chi connectivity index (χ4v) is 1.77. The molecule has 1 aromatic rings. The van der Waals surface area contributed by atoms with E-state index in [1.807, 2.05) is 44.2 Å². The van der Waals surface area contributed by atoms with Crippen LogP contribution in [-0.2, 0) is 14.3 Å².